The summed E-state index contributed by atoms with van der Waals surface area (Å²) in [6.07, 6.45) is 11.7. The van der Waals surface area contributed by atoms with Crippen molar-refractivity contribution in [2.24, 2.45) is 11.3 Å². The summed E-state index contributed by atoms with van der Waals surface area (Å²) >= 11 is 0. The average molecular weight is 310 g/mol. The molecular formula is C20H39NO. The van der Waals surface area contributed by atoms with E-state index in [1.165, 1.54) is 64.5 Å². The Bertz CT molecular complexity index is 325. The van der Waals surface area contributed by atoms with Crippen molar-refractivity contribution in [1.29, 1.82) is 0 Å². The van der Waals surface area contributed by atoms with Crippen LogP contribution in [0.3, 0.4) is 0 Å². The molecule has 0 aliphatic carbocycles. The zero-order valence-corrected chi connectivity index (χ0v) is 15.8. The van der Waals surface area contributed by atoms with Gasteiger partial charge >= 0.3 is 0 Å². The van der Waals surface area contributed by atoms with E-state index in [2.05, 4.69) is 39.5 Å². The van der Waals surface area contributed by atoms with Crippen molar-refractivity contribution < 1.29 is 4.74 Å². The monoisotopic (exact) mass is 309 g/mol. The lowest BCUT2D eigenvalue weighted by molar-refractivity contribution is -0.0595. The van der Waals surface area contributed by atoms with Gasteiger partial charge in [0.25, 0.3) is 0 Å². The van der Waals surface area contributed by atoms with Gasteiger partial charge < -0.3 is 9.64 Å². The molecule has 0 bridgehead atoms. The summed E-state index contributed by atoms with van der Waals surface area (Å²) in [7, 11) is 0. The van der Waals surface area contributed by atoms with Gasteiger partial charge in [-0.2, -0.15) is 0 Å². The van der Waals surface area contributed by atoms with Crippen LogP contribution >= 0.6 is 0 Å². The van der Waals surface area contributed by atoms with Crippen LogP contribution in [-0.2, 0) is 4.74 Å². The molecule has 0 radical (unpaired) electrons. The number of rotatable bonds is 2. The number of nitrogens with zero attached hydrogens (tertiary/aromatic N) is 1. The van der Waals surface area contributed by atoms with E-state index in [9.17, 15) is 0 Å². The quantitative estimate of drug-likeness (QED) is 0.689. The molecule has 0 aromatic carbocycles. The van der Waals surface area contributed by atoms with Crippen molar-refractivity contribution in [3.63, 3.8) is 0 Å². The van der Waals surface area contributed by atoms with Gasteiger partial charge in [0, 0.05) is 6.54 Å². The van der Waals surface area contributed by atoms with E-state index >= 15 is 0 Å². The molecule has 2 nitrogen and oxygen atoms in total. The van der Waals surface area contributed by atoms with Gasteiger partial charge in [-0.25, -0.2) is 0 Å². The van der Waals surface area contributed by atoms with Crippen LogP contribution in [0.4, 0.5) is 0 Å². The fraction of sp³-hybridized carbons (Fsp3) is 1.00. The Kier molecular flexibility index (Phi) is 6.36. The highest BCUT2D eigenvalue weighted by Crippen LogP contribution is 2.50. The molecule has 2 rings (SSSR count). The van der Waals surface area contributed by atoms with Crippen molar-refractivity contribution in [2.75, 3.05) is 19.6 Å². The lowest BCUT2D eigenvalue weighted by Crippen LogP contribution is -2.38. The number of hydrogen-bond donors (Lipinski definition) is 0. The molecule has 2 saturated heterocycles. The topological polar surface area (TPSA) is 12.5 Å². The Morgan fingerprint density at radius 2 is 1.27 bits per heavy atom. The standard InChI is InChI=1S/C20H39NO/c1-17-18(22-20(4,5)19(17,2)3)16-21-14-12-10-8-6-7-9-11-13-15-21/h17-18H,6-16H2,1-5H3/t17-,18-/m1/s1. The smallest absolute Gasteiger partial charge is 0.0741 e. The van der Waals surface area contributed by atoms with E-state index in [1.807, 2.05) is 0 Å². The first-order valence-electron chi connectivity index (χ1n) is 9.75. The summed E-state index contributed by atoms with van der Waals surface area (Å²) in [4.78, 5) is 2.70. The molecule has 0 aromatic heterocycles. The van der Waals surface area contributed by atoms with Crippen LogP contribution in [-0.4, -0.2) is 36.2 Å². The molecule has 2 fully saturated rings. The molecule has 130 valence electrons. The lowest BCUT2D eigenvalue weighted by Gasteiger charge is -2.35. The average Bonchev–Trinajstić information content (AvgIpc) is 2.60. The Hall–Kier alpha value is -0.0800. The molecular weight excluding hydrogens is 270 g/mol. The van der Waals surface area contributed by atoms with Gasteiger partial charge in [0.2, 0.25) is 0 Å². The minimum atomic E-state index is -0.00826. The van der Waals surface area contributed by atoms with Crippen molar-refractivity contribution in [3.05, 3.63) is 0 Å². The first-order valence-corrected chi connectivity index (χ1v) is 9.75. The van der Waals surface area contributed by atoms with Crippen LogP contribution < -0.4 is 0 Å². The van der Waals surface area contributed by atoms with E-state index in [0.717, 1.165) is 6.54 Å². The zero-order chi connectivity index (χ0) is 16.2. The van der Waals surface area contributed by atoms with Crippen molar-refractivity contribution in [1.82, 2.24) is 4.90 Å². The van der Waals surface area contributed by atoms with E-state index in [4.69, 9.17) is 4.74 Å². The Labute approximate surface area is 139 Å². The second-order valence-electron chi connectivity index (χ2n) is 8.81. The highest BCUT2D eigenvalue weighted by molar-refractivity contribution is 5.01. The SMILES string of the molecule is C[C@@H]1[C@@H](CN2CCCCCCCCCC2)OC(C)(C)C1(C)C. The van der Waals surface area contributed by atoms with Crippen LogP contribution in [0.5, 0.6) is 0 Å². The number of ether oxygens (including phenoxy) is 1. The molecule has 2 aliphatic rings. The Morgan fingerprint density at radius 1 is 0.818 bits per heavy atom. The van der Waals surface area contributed by atoms with E-state index in [1.54, 1.807) is 0 Å². The van der Waals surface area contributed by atoms with E-state index in [-0.39, 0.29) is 11.0 Å². The summed E-state index contributed by atoms with van der Waals surface area (Å²) in [6.45, 7) is 15.4. The maximum absolute atomic E-state index is 6.49. The summed E-state index contributed by atoms with van der Waals surface area (Å²) in [6, 6.07) is 0. The summed E-state index contributed by atoms with van der Waals surface area (Å²) in [5.41, 5.74) is 0.248. The van der Waals surface area contributed by atoms with E-state index < -0.39 is 0 Å². The van der Waals surface area contributed by atoms with Gasteiger partial charge in [-0.05, 0) is 51.1 Å². The molecule has 0 amide bonds. The maximum atomic E-state index is 6.49. The van der Waals surface area contributed by atoms with Gasteiger partial charge in [0.05, 0.1) is 11.7 Å². The molecule has 0 N–H and O–H groups in total. The molecule has 0 aromatic rings. The van der Waals surface area contributed by atoms with Crippen LogP contribution in [0.25, 0.3) is 0 Å². The zero-order valence-electron chi connectivity index (χ0n) is 15.8. The minimum absolute atomic E-state index is 0.00826. The molecule has 0 saturated carbocycles. The summed E-state index contributed by atoms with van der Waals surface area (Å²) in [5.74, 6) is 0.626. The van der Waals surface area contributed by atoms with Crippen LogP contribution in [0.15, 0.2) is 0 Å². The molecule has 0 unspecified atom stereocenters. The van der Waals surface area contributed by atoms with Crippen molar-refractivity contribution >= 4 is 0 Å². The second-order valence-corrected chi connectivity index (χ2v) is 8.81. The lowest BCUT2D eigenvalue weighted by atomic mass is 9.70. The third kappa shape index (κ3) is 4.26. The van der Waals surface area contributed by atoms with Crippen LogP contribution in [0.1, 0.15) is 86.0 Å². The Morgan fingerprint density at radius 3 is 1.68 bits per heavy atom. The van der Waals surface area contributed by atoms with Crippen molar-refractivity contribution in [3.8, 4) is 0 Å². The summed E-state index contributed by atoms with van der Waals surface area (Å²) < 4.78 is 6.49. The minimum Gasteiger partial charge on any atom is -0.370 e. The highest BCUT2D eigenvalue weighted by atomic mass is 16.5. The van der Waals surface area contributed by atoms with Crippen LogP contribution in [0, 0.1) is 11.3 Å². The van der Waals surface area contributed by atoms with E-state index in [0.29, 0.717) is 12.0 Å². The summed E-state index contributed by atoms with van der Waals surface area (Å²) in [5, 5.41) is 0. The fourth-order valence-electron chi connectivity index (χ4n) is 4.12. The first kappa shape index (κ1) is 18.3. The molecule has 2 atom stereocenters. The largest absolute Gasteiger partial charge is 0.370 e. The highest BCUT2D eigenvalue weighted by Gasteiger charge is 2.53. The third-order valence-electron chi connectivity index (χ3n) is 6.83. The van der Waals surface area contributed by atoms with Gasteiger partial charge in [-0.1, -0.05) is 59.3 Å². The Balaban J connectivity index is 1.92. The molecule has 2 heteroatoms. The predicted molar refractivity (Wildman–Crippen MR) is 95.3 cm³/mol. The molecule has 0 spiro atoms. The van der Waals surface area contributed by atoms with Crippen molar-refractivity contribution in [2.45, 2.75) is 97.7 Å². The third-order valence-corrected chi connectivity index (χ3v) is 6.83. The van der Waals surface area contributed by atoms with Gasteiger partial charge in [0.15, 0.2) is 0 Å². The molecule has 2 heterocycles. The maximum Gasteiger partial charge on any atom is 0.0741 e. The fourth-order valence-corrected chi connectivity index (χ4v) is 4.12. The van der Waals surface area contributed by atoms with Gasteiger partial charge in [-0.15, -0.1) is 0 Å². The van der Waals surface area contributed by atoms with Crippen LogP contribution in [0.2, 0.25) is 0 Å². The second kappa shape index (κ2) is 7.66. The van der Waals surface area contributed by atoms with Gasteiger partial charge in [0.1, 0.15) is 0 Å². The molecule has 22 heavy (non-hydrogen) atoms. The van der Waals surface area contributed by atoms with Gasteiger partial charge in [-0.3, -0.25) is 0 Å². The molecule has 2 aliphatic heterocycles. The predicted octanol–water partition coefficient (Wildman–Crippen LogP) is 5.26. The normalized spacial score (nSPS) is 34.2. The first-order chi connectivity index (χ1) is 10.3. The number of hydrogen-bond acceptors (Lipinski definition) is 2.